The van der Waals surface area contributed by atoms with Gasteiger partial charge in [0.15, 0.2) is 23.3 Å². The topological polar surface area (TPSA) is 122 Å². The second-order valence-electron chi connectivity index (χ2n) is 24.4. The van der Waals surface area contributed by atoms with E-state index in [9.17, 15) is 27.2 Å². The van der Waals surface area contributed by atoms with E-state index in [-0.39, 0.29) is 92.0 Å². The van der Waals surface area contributed by atoms with Crippen molar-refractivity contribution in [3.63, 3.8) is 0 Å². The van der Waals surface area contributed by atoms with Gasteiger partial charge >= 0.3 is 0 Å². The Balaban J connectivity index is 0.000000352. The zero-order valence-electron chi connectivity index (χ0n) is 51.4. The summed E-state index contributed by atoms with van der Waals surface area (Å²) in [7, 11) is 0. The number of benzene rings is 4. The second kappa shape index (κ2) is 36.2. The molecule has 4 aromatic carbocycles. The number of amides is 2. The molecule has 6 heterocycles. The zero-order valence-corrected chi connectivity index (χ0v) is 54.6. The maximum atomic E-state index is 14.5. The first-order valence-corrected chi connectivity index (χ1v) is 30.8. The summed E-state index contributed by atoms with van der Waals surface area (Å²) >= 11 is 0. The number of rotatable bonds is 18. The molecule has 6 aliphatic heterocycles. The Bertz CT molecular complexity index is 2540. The maximum absolute atomic E-state index is 14.5. The van der Waals surface area contributed by atoms with Gasteiger partial charge in [-0.15, -0.1) is 49.6 Å². The third-order valence-electron chi connectivity index (χ3n) is 17.8. The largest absolute Gasteiger partial charge is 0.491 e. The molecule has 4 aromatic rings. The van der Waals surface area contributed by atoms with Crippen molar-refractivity contribution in [2.45, 2.75) is 153 Å². The average Bonchev–Trinajstić information content (AvgIpc) is 1.26. The fourth-order valence-corrected chi connectivity index (χ4v) is 13.3. The predicted octanol–water partition coefficient (Wildman–Crippen LogP) is 11.6. The number of carbonyl (C=O) groups is 2. The SMILES string of the molecule is CC(C)Oc1cccc(CC(=O)N2CCOC(CCN3CCC(N4CCCCC4)CC3)(c3ccc(F)c(F)c3)C2)c1.CC(C)Oc1cccc(CC(=O)N2CCOC(CCN3CCC(N4CCCCC4)CC3)(c3ccc(F)c(F)c3)C2)c1.Cl.Cl.Cl.Cl.O. The van der Waals surface area contributed by atoms with Crippen LogP contribution in [0.15, 0.2) is 84.9 Å². The van der Waals surface area contributed by atoms with Crippen molar-refractivity contribution in [1.82, 2.24) is 29.4 Å². The molecule has 0 spiro atoms. The number of piperidine rings is 4. The van der Waals surface area contributed by atoms with E-state index in [1.54, 1.807) is 12.1 Å². The monoisotopic (exact) mass is 1300 g/mol. The van der Waals surface area contributed by atoms with E-state index in [0.717, 1.165) is 87.6 Å². The van der Waals surface area contributed by atoms with Gasteiger partial charge in [0.05, 0.1) is 51.4 Å². The number of hydrogen-bond acceptors (Lipinski definition) is 10. The minimum absolute atomic E-state index is 0. The summed E-state index contributed by atoms with van der Waals surface area (Å²) in [6, 6.07) is 24.7. The van der Waals surface area contributed by atoms with Gasteiger partial charge in [0, 0.05) is 38.3 Å². The van der Waals surface area contributed by atoms with E-state index in [4.69, 9.17) is 18.9 Å². The van der Waals surface area contributed by atoms with E-state index in [1.165, 1.54) is 89.0 Å². The Hall–Kier alpha value is -3.98. The Labute approximate surface area is 539 Å². The number of hydrogen-bond donors (Lipinski definition) is 0. The Morgan fingerprint density at radius 3 is 1.21 bits per heavy atom. The van der Waals surface area contributed by atoms with Gasteiger partial charge in [0.25, 0.3) is 0 Å². The van der Waals surface area contributed by atoms with Crippen LogP contribution in [0.5, 0.6) is 11.5 Å². The Morgan fingerprint density at radius 1 is 0.494 bits per heavy atom. The maximum Gasteiger partial charge on any atom is 0.227 e. The molecular weight excluding hydrogens is 1210 g/mol. The van der Waals surface area contributed by atoms with Crippen LogP contribution in [0.1, 0.15) is 127 Å². The molecule has 2 atom stereocenters. The molecule has 6 fully saturated rings. The zero-order chi connectivity index (χ0) is 57.6. The number of likely N-dealkylation sites (tertiary alicyclic amines) is 4. The first-order chi connectivity index (χ1) is 39.6. The van der Waals surface area contributed by atoms with Crippen molar-refractivity contribution >= 4 is 61.4 Å². The van der Waals surface area contributed by atoms with Gasteiger partial charge in [-0.2, -0.15) is 0 Å². The highest BCUT2D eigenvalue weighted by atomic mass is 35.5. The highest BCUT2D eigenvalue weighted by molar-refractivity contribution is 5.86. The van der Waals surface area contributed by atoms with Crippen LogP contribution in [-0.4, -0.2) is 176 Å². The molecule has 2 N–H and O–H groups in total. The molecule has 0 aliphatic carbocycles. The van der Waals surface area contributed by atoms with Crippen LogP contribution in [-0.2, 0) is 43.1 Å². The summed E-state index contributed by atoms with van der Waals surface area (Å²) in [4.78, 5) is 40.9. The highest BCUT2D eigenvalue weighted by Gasteiger charge is 2.43. The average molecular weight is 1300 g/mol. The van der Waals surface area contributed by atoms with E-state index in [2.05, 4.69) is 19.6 Å². The van der Waals surface area contributed by atoms with Crippen LogP contribution in [0.2, 0.25) is 0 Å². The standard InChI is InChI=1S/2C33H45F2N3O3.4ClH.H2O/c2*1-25(2)41-29-8-6-7-26(21-29)22-32(39)38-19-20-40-33(24-38,27-9-10-30(34)31(35)23-27)13-18-36-16-11-28(12-17-36)37-14-4-3-5-15-37;;;;;/h2*6-10,21,23,25,28H,3-5,11-20,22,24H2,1-2H3;4*1H;1H2. The number of nitrogens with zero attached hydrogens (tertiary/aromatic N) is 6. The lowest BCUT2D eigenvalue weighted by atomic mass is 9.87. The smallest absolute Gasteiger partial charge is 0.227 e. The molecule has 0 bridgehead atoms. The van der Waals surface area contributed by atoms with Crippen LogP contribution in [0.25, 0.3) is 0 Å². The number of morpholine rings is 2. The summed E-state index contributed by atoms with van der Waals surface area (Å²) < 4.78 is 81.2. The summed E-state index contributed by atoms with van der Waals surface area (Å²) in [6.07, 6.45) is 14.3. The van der Waals surface area contributed by atoms with Gasteiger partial charge in [-0.05, 0) is 215 Å². The van der Waals surface area contributed by atoms with Gasteiger partial charge in [0.1, 0.15) is 22.7 Å². The Kier molecular flexibility index (Phi) is 31.4. The minimum atomic E-state index is -0.894. The summed E-state index contributed by atoms with van der Waals surface area (Å²) in [6.45, 7) is 20.6. The first kappa shape index (κ1) is 75.5. The Morgan fingerprint density at radius 2 is 0.862 bits per heavy atom. The predicted molar refractivity (Wildman–Crippen MR) is 345 cm³/mol. The summed E-state index contributed by atoms with van der Waals surface area (Å²) in [5.74, 6) is -2.07. The van der Waals surface area contributed by atoms with Crippen molar-refractivity contribution < 1.29 is 51.6 Å². The van der Waals surface area contributed by atoms with Crippen molar-refractivity contribution in [3.05, 3.63) is 130 Å². The highest BCUT2D eigenvalue weighted by Crippen LogP contribution is 2.38. The van der Waals surface area contributed by atoms with Gasteiger partial charge in [-0.3, -0.25) is 9.59 Å². The molecule has 6 saturated heterocycles. The third kappa shape index (κ3) is 21.0. The molecule has 21 heteroatoms. The normalized spacial score (nSPS) is 21.9. The fourth-order valence-electron chi connectivity index (χ4n) is 13.3. The molecule has 488 valence electrons. The van der Waals surface area contributed by atoms with E-state index >= 15 is 0 Å². The third-order valence-corrected chi connectivity index (χ3v) is 17.8. The van der Waals surface area contributed by atoms with Crippen LogP contribution in [0, 0.1) is 23.3 Å². The molecule has 6 aliphatic rings. The van der Waals surface area contributed by atoms with Crippen molar-refractivity contribution in [2.75, 3.05) is 105 Å². The van der Waals surface area contributed by atoms with Crippen molar-refractivity contribution in [3.8, 4) is 11.5 Å². The molecule has 0 aromatic heterocycles. The number of halogens is 8. The van der Waals surface area contributed by atoms with Crippen LogP contribution < -0.4 is 9.47 Å². The fraction of sp³-hybridized carbons (Fsp3) is 0.606. The van der Waals surface area contributed by atoms with Crippen LogP contribution >= 0.6 is 49.6 Å². The lowest BCUT2D eigenvalue weighted by Gasteiger charge is -2.45. The van der Waals surface area contributed by atoms with Gasteiger partial charge < -0.3 is 53.8 Å². The lowest BCUT2D eigenvalue weighted by Crippen LogP contribution is -2.54. The summed E-state index contributed by atoms with van der Waals surface area (Å²) in [5.41, 5.74) is 1.15. The minimum Gasteiger partial charge on any atom is -0.491 e. The molecule has 0 saturated carbocycles. The van der Waals surface area contributed by atoms with E-state index in [0.29, 0.717) is 75.4 Å². The quantitative estimate of drug-likeness (QED) is 0.0890. The molecule has 0 radical (unpaired) electrons. The molecule has 2 amide bonds. The van der Waals surface area contributed by atoms with Crippen LogP contribution in [0.4, 0.5) is 17.6 Å². The van der Waals surface area contributed by atoms with Crippen molar-refractivity contribution in [1.29, 1.82) is 0 Å². The molecule has 87 heavy (non-hydrogen) atoms. The molecular formula is C66H96Cl4F4N6O7. The van der Waals surface area contributed by atoms with Crippen LogP contribution in [0.3, 0.4) is 0 Å². The number of carbonyl (C=O) groups excluding carboxylic acids is 2. The van der Waals surface area contributed by atoms with Gasteiger partial charge in [0.2, 0.25) is 11.8 Å². The van der Waals surface area contributed by atoms with Crippen molar-refractivity contribution in [2.24, 2.45) is 0 Å². The first-order valence-electron chi connectivity index (χ1n) is 30.8. The van der Waals surface area contributed by atoms with Gasteiger partial charge in [-0.25, -0.2) is 17.6 Å². The summed E-state index contributed by atoms with van der Waals surface area (Å²) in [5, 5.41) is 0. The molecule has 13 nitrogen and oxygen atoms in total. The second-order valence-corrected chi connectivity index (χ2v) is 24.4. The number of ether oxygens (including phenoxy) is 4. The molecule has 2 unspecified atom stereocenters. The van der Waals surface area contributed by atoms with E-state index in [1.807, 2.05) is 86.0 Å². The lowest BCUT2D eigenvalue weighted by molar-refractivity contribution is -0.155. The van der Waals surface area contributed by atoms with Gasteiger partial charge in [-0.1, -0.05) is 49.2 Å². The molecule has 10 rings (SSSR count). The van der Waals surface area contributed by atoms with E-state index < -0.39 is 34.5 Å².